The molecule has 20 heavy (non-hydrogen) atoms. The van der Waals surface area contributed by atoms with Gasteiger partial charge in [-0.2, -0.15) is 0 Å². The minimum Gasteiger partial charge on any atom is -0.320 e. The van der Waals surface area contributed by atoms with Gasteiger partial charge in [-0.15, -0.1) is 0 Å². The summed E-state index contributed by atoms with van der Waals surface area (Å²) in [4.78, 5) is 4.39. The smallest absolute Gasteiger partial charge is 0.124 e. The Hall–Kier alpha value is -1.78. The van der Waals surface area contributed by atoms with E-state index in [1.807, 2.05) is 36.4 Å². The summed E-state index contributed by atoms with van der Waals surface area (Å²) in [6.07, 6.45) is 1.74. The Morgan fingerprint density at radius 2 is 1.85 bits per heavy atom. The molecule has 1 heterocycles. The molecular weight excluding hydrogens is 319 g/mol. The van der Waals surface area contributed by atoms with Crippen LogP contribution in [0.2, 0.25) is 0 Å². The maximum absolute atomic E-state index is 13.5. The van der Waals surface area contributed by atoms with Crippen molar-refractivity contribution in [3.05, 3.63) is 76.1 Å². The van der Waals surface area contributed by atoms with Crippen molar-refractivity contribution in [2.45, 2.75) is 6.04 Å². The number of halogens is 2. The second kappa shape index (κ2) is 5.31. The van der Waals surface area contributed by atoms with E-state index in [9.17, 15) is 4.39 Å². The van der Waals surface area contributed by atoms with E-state index in [-0.39, 0.29) is 5.82 Å². The standard InChI is InChI=1S/C16H12BrFN2/c17-13-6-11(7-14(18)8-13)16(19)12-5-10-3-1-2-4-15(10)20-9-12/h1-9,16H,19H2. The highest BCUT2D eigenvalue weighted by Crippen LogP contribution is 2.25. The lowest BCUT2D eigenvalue weighted by Gasteiger charge is -2.13. The van der Waals surface area contributed by atoms with Gasteiger partial charge in [0.2, 0.25) is 0 Å². The van der Waals surface area contributed by atoms with E-state index >= 15 is 0 Å². The van der Waals surface area contributed by atoms with Gasteiger partial charge in [0.25, 0.3) is 0 Å². The molecule has 1 atom stereocenters. The number of nitrogens with two attached hydrogens (primary N) is 1. The molecule has 0 radical (unpaired) electrons. The zero-order valence-corrected chi connectivity index (χ0v) is 12.1. The van der Waals surface area contributed by atoms with Crippen molar-refractivity contribution in [2.75, 3.05) is 0 Å². The monoisotopic (exact) mass is 330 g/mol. The highest BCUT2D eigenvalue weighted by atomic mass is 79.9. The molecule has 2 N–H and O–H groups in total. The Bertz CT molecular complexity index is 753. The molecule has 0 bridgehead atoms. The first-order chi connectivity index (χ1) is 9.63. The zero-order valence-electron chi connectivity index (χ0n) is 10.6. The van der Waals surface area contributed by atoms with Crippen LogP contribution in [0.3, 0.4) is 0 Å². The zero-order chi connectivity index (χ0) is 14.1. The van der Waals surface area contributed by atoms with Gasteiger partial charge in [0.15, 0.2) is 0 Å². The van der Waals surface area contributed by atoms with E-state index in [4.69, 9.17) is 5.73 Å². The maximum Gasteiger partial charge on any atom is 0.124 e. The maximum atomic E-state index is 13.5. The van der Waals surface area contributed by atoms with Crippen LogP contribution in [0.15, 0.2) is 59.2 Å². The number of aromatic nitrogens is 1. The molecule has 0 saturated carbocycles. The molecule has 4 heteroatoms. The van der Waals surface area contributed by atoms with E-state index in [1.54, 1.807) is 6.20 Å². The number of hydrogen-bond acceptors (Lipinski definition) is 2. The van der Waals surface area contributed by atoms with Gasteiger partial charge in [0, 0.05) is 16.1 Å². The first-order valence-electron chi connectivity index (χ1n) is 6.20. The Labute approximate surface area is 124 Å². The van der Waals surface area contributed by atoms with Crippen LogP contribution in [0.25, 0.3) is 10.9 Å². The topological polar surface area (TPSA) is 38.9 Å². The summed E-state index contributed by atoms with van der Waals surface area (Å²) in [6, 6.07) is 14.1. The predicted molar refractivity (Wildman–Crippen MR) is 81.9 cm³/mol. The summed E-state index contributed by atoms with van der Waals surface area (Å²) in [5.74, 6) is -0.307. The van der Waals surface area contributed by atoms with Gasteiger partial charge in [0.1, 0.15) is 5.82 Å². The normalized spacial score (nSPS) is 12.6. The van der Waals surface area contributed by atoms with Crippen LogP contribution >= 0.6 is 15.9 Å². The van der Waals surface area contributed by atoms with Crippen LogP contribution < -0.4 is 5.73 Å². The molecule has 0 spiro atoms. The first-order valence-corrected chi connectivity index (χ1v) is 6.99. The molecule has 0 aliphatic rings. The molecule has 1 aromatic heterocycles. The van der Waals surface area contributed by atoms with Crippen LogP contribution in [0.1, 0.15) is 17.2 Å². The van der Waals surface area contributed by atoms with E-state index in [0.717, 1.165) is 16.5 Å². The largest absolute Gasteiger partial charge is 0.320 e. The predicted octanol–water partition coefficient (Wildman–Crippen LogP) is 4.18. The number of hydrogen-bond donors (Lipinski definition) is 1. The molecule has 0 amide bonds. The molecule has 1 unspecified atom stereocenters. The van der Waals surface area contributed by atoms with Crippen molar-refractivity contribution in [2.24, 2.45) is 5.73 Å². The molecule has 0 aliphatic heterocycles. The molecule has 2 nitrogen and oxygen atoms in total. The molecule has 2 aromatic carbocycles. The summed E-state index contributed by atoms with van der Waals surface area (Å²) in [6.45, 7) is 0. The molecular formula is C16H12BrFN2. The van der Waals surface area contributed by atoms with Gasteiger partial charge in [-0.3, -0.25) is 4.98 Å². The highest BCUT2D eigenvalue weighted by molar-refractivity contribution is 9.10. The number of fused-ring (bicyclic) bond motifs is 1. The molecule has 100 valence electrons. The number of nitrogens with zero attached hydrogens (tertiary/aromatic N) is 1. The molecule has 3 rings (SSSR count). The van der Waals surface area contributed by atoms with Crippen LogP contribution in [-0.4, -0.2) is 4.98 Å². The van der Waals surface area contributed by atoms with Crippen LogP contribution in [0, 0.1) is 5.82 Å². The Balaban J connectivity index is 2.05. The number of benzene rings is 2. The molecule has 0 fully saturated rings. The summed E-state index contributed by atoms with van der Waals surface area (Å²) in [5, 5.41) is 1.02. The van der Waals surface area contributed by atoms with Gasteiger partial charge in [-0.1, -0.05) is 34.1 Å². The van der Waals surface area contributed by atoms with Crippen LogP contribution in [-0.2, 0) is 0 Å². The lowest BCUT2D eigenvalue weighted by Crippen LogP contribution is -2.12. The lowest BCUT2D eigenvalue weighted by atomic mass is 10.00. The van der Waals surface area contributed by atoms with Crippen molar-refractivity contribution in [1.82, 2.24) is 4.98 Å². The van der Waals surface area contributed by atoms with Crippen LogP contribution in [0.4, 0.5) is 4.39 Å². The fourth-order valence-electron chi connectivity index (χ4n) is 2.21. The highest BCUT2D eigenvalue weighted by Gasteiger charge is 2.12. The van der Waals surface area contributed by atoms with E-state index in [0.29, 0.717) is 10.0 Å². The lowest BCUT2D eigenvalue weighted by molar-refractivity contribution is 0.622. The second-order valence-corrected chi connectivity index (χ2v) is 5.56. The van der Waals surface area contributed by atoms with Gasteiger partial charge in [-0.05, 0) is 41.5 Å². The summed E-state index contributed by atoms with van der Waals surface area (Å²) < 4.78 is 14.1. The molecule has 0 saturated heterocycles. The van der Waals surface area contributed by atoms with Crippen molar-refractivity contribution >= 4 is 26.8 Å². The third-order valence-electron chi connectivity index (χ3n) is 3.21. The van der Waals surface area contributed by atoms with E-state index in [2.05, 4.69) is 20.9 Å². The third kappa shape index (κ3) is 2.57. The van der Waals surface area contributed by atoms with Gasteiger partial charge in [0.05, 0.1) is 11.6 Å². The van der Waals surface area contributed by atoms with Crippen LogP contribution in [0.5, 0.6) is 0 Å². The van der Waals surface area contributed by atoms with Gasteiger partial charge >= 0.3 is 0 Å². The average Bonchev–Trinajstić information content (AvgIpc) is 2.45. The van der Waals surface area contributed by atoms with Gasteiger partial charge in [-0.25, -0.2) is 4.39 Å². The summed E-state index contributed by atoms with van der Waals surface area (Å²) in [7, 11) is 0. The second-order valence-electron chi connectivity index (χ2n) is 4.64. The first kappa shape index (κ1) is 13.2. The Kier molecular flexibility index (Phi) is 3.51. The van der Waals surface area contributed by atoms with Crippen molar-refractivity contribution in [3.63, 3.8) is 0 Å². The minimum absolute atomic E-state index is 0.307. The summed E-state index contributed by atoms with van der Waals surface area (Å²) >= 11 is 3.28. The Morgan fingerprint density at radius 1 is 1.05 bits per heavy atom. The van der Waals surface area contributed by atoms with Gasteiger partial charge < -0.3 is 5.73 Å². The van der Waals surface area contributed by atoms with Crippen molar-refractivity contribution in [3.8, 4) is 0 Å². The molecule has 3 aromatic rings. The Morgan fingerprint density at radius 3 is 2.65 bits per heavy atom. The van der Waals surface area contributed by atoms with Crippen molar-refractivity contribution < 1.29 is 4.39 Å². The fourth-order valence-corrected chi connectivity index (χ4v) is 2.69. The number of para-hydroxylation sites is 1. The fraction of sp³-hybridized carbons (Fsp3) is 0.0625. The quantitative estimate of drug-likeness (QED) is 0.765. The molecule has 0 aliphatic carbocycles. The number of rotatable bonds is 2. The summed E-state index contributed by atoms with van der Waals surface area (Å²) in [5.41, 5.74) is 8.72. The number of pyridine rings is 1. The van der Waals surface area contributed by atoms with E-state index < -0.39 is 6.04 Å². The average molecular weight is 331 g/mol. The SMILES string of the molecule is NC(c1cc(F)cc(Br)c1)c1cnc2ccccc2c1. The minimum atomic E-state index is -0.404. The van der Waals surface area contributed by atoms with Crippen molar-refractivity contribution in [1.29, 1.82) is 0 Å². The van der Waals surface area contributed by atoms with E-state index in [1.165, 1.54) is 12.1 Å². The third-order valence-corrected chi connectivity index (χ3v) is 3.67.